The predicted octanol–water partition coefficient (Wildman–Crippen LogP) is 0.831. The zero-order valence-electron chi connectivity index (χ0n) is 10.7. The van der Waals surface area contributed by atoms with Gasteiger partial charge in [-0.1, -0.05) is 13.8 Å². The quantitative estimate of drug-likeness (QED) is 0.574. The Balaban J connectivity index is 2.57. The lowest BCUT2D eigenvalue weighted by atomic mass is 9.73. The van der Waals surface area contributed by atoms with Crippen LogP contribution in [0.15, 0.2) is 0 Å². The molecule has 0 spiro atoms. The van der Waals surface area contributed by atoms with Gasteiger partial charge in [-0.25, -0.2) is 0 Å². The van der Waals surface area contributed by atoms with E-state index in [1.165, 1.54) is 0 Å². The molecule has 4 heteroatoms. The minimum Gasteiger partial charge on any atom is -0.390 e. The van der Waals surface area contributed by atoms with Crippen molar-refractivity contribution in [2.24, 2.45) is 5.41 Å². The van der Waals surface area contributed by atoms with Crippen LogP contribution in [0, 0.1) is 5.41 Å². The van der Waals surface area contributed by atoms with E-state index >= 15 is 0 Å². The molecule has 3 atom stereocenters. The van der Waals surface area contributed by atoms with Gasteiger partial charge in [0.2, 0.25) is 0 Å². The third-order valence-corrected chi connectivity index (χ3v) is 5.03. The summed E-state index contributed by atoms with van der Waals surface area (Å²) in [6.45, 7) is 7.61. The van der Waals surface area contributed by atoms with E-state index in [1.54, 1.807) is 0 Å². The Labute approximate surface area is 94.8 Å². The minimum atomic E-state index is -0.997. The van der Waals surface area contributed by atoms with Crippen LogP contribution in [0.2, 0.25) is 0 Å². The van der Waals surface area contributed by atoms with Gasteiger partial charge >= 0.3 is 0 Å². The fraction of sp³-hybridized carbons (Fsp3) is 0.909. The molecule has 1 rings (SSSR count). The van der Waals surface area contributed by atoms with Gasteiger partial charge in [0.15, 0.2) is 0 Å². The zero-order valence-corrected chi connectivity index (χ0v) is 11.6. The van der Waals surface area contributed by atoms with Crippen LogP contribution in [-0.4, -0.2) is 57.0 Å². The molecule has 0 amide bonds. The molecule has 0 saturated carbocycles. The van der Waals surface area contributed by atoms with Crippen LogP contribution < -0.4 is 0 Å². The number of ether oxygens (including phenoxy) is 1. The molecule has 15 heavy (non-hydrogen) atoms. The SMILES string of the molecule is B[C@@H]1OC(CCP(=C)(C)C)[C@@H](O)C1(C)C. The number of hydrogen-bond acceptors (Lipinski definition) is 2. The first kappa shape index (κ1) is 13.4. The molecule has 1 aliphatic rings. The minimum absolute atomic E-state index is 0.0102. The molecule has 1 unspecified atom stereocenters. The molecule has 0 bridgehead atoms. The van der Waals surface area contributed by atoms with Crippen LogP contribution in [0.4, 0.5) is 0 Å². The van der Waals surface area contributed by atoms with E-state index in [2.05, 4.69) is 33.5 Å². The summed E-state index contributed by atoms with van der Waals surface area (Å²) in [5.74, 6) is 0. The summed E-state index contributed by atoms with van der Waals surface area (Å²) < 4.78 is 5.82. The molecule has 2 nitrogen and oxygen atoms in total. The molecule has 1 aliphatic heterocycles. The van der Waals surface area contributed by atoms with E-state index < -0.39 is 6.89 Å². The van der Waals surface area contributed by atoms with Crippen LogP contribution in [0.5, 0.6) is 0 Å². The van der Waals surface area contributed by atoms with Crippen molar-refractivity contribution >= 4 is 21.0 Å². The van der Waals surface area contributed by atoms with E-state index in [0.717, 1.165) is 12.6 Å². The maximum absolute atomic E-state index is 10.2. The molecule has 1 fully saturated rings. The Hall–Kier alpha value is 0.285. The lowest BCUT2D eigenvalue weighted by molar-refractivity contribution is 0.0266. The second-order valence-electron chi connectivity index (χ2n) is 6.03. The predicted molar refractivity (Wildman–Crippen MR) is 72.4 cm³/mol. The van der Waals surface area contributed by atoms with E-state index in [9.17, 15) is 5.11 Å². The van der Waals surface area contributed by atoms with Crippen molar-refractivity contribution in [2.45, 2.75) is 38.5 Å². The molecular weight excluding hydrogens is 206 g/mol. The summed E-state index contributed by atoms with van der Waals surface area (Å²) in [6.07, 6.45) is 5.90. The van der Waals surface area contributed by atoms with E-state index in [-0.39, 0.29) is 23.6 Å². The molecule has 0 aromatic carbocycles. The maximum atomic E-state index is 10.2. The molecule has 1 heterocycles. The van der Waals surface area contributed by atoms with Crippen LogP contribution in [0.1, 0.15) is 20.3 Å². The monoisotopic (exact) mass is 230 g/mol. The average Bonchev–Trinajstić information content (AvgIpc) is 2.25. The van der Waals surface area contributed by atoms with E-state index in [0.29, 0.717) is 0 Å². The number of aliphatic hydroxyl groups is 1. The van der Waals surface area contributed by atoms with Crippen LogP contribution in [0.3, 0.4) is 0 Å². The molecule has 1 N–H and O–H groups in total. The van der Waals surface area contributed by atoms with Gasteiger partial charge in [-0.15, -0.1) is 13.2 Å². The van der Waals surface area contributed by atoms with Gasteiger partial charge in [-0.3, -0.25) is 0 Å². The second kappa shape index (κ2) is 4.27. The molecule has 0 radical (unpaired) electrons. The lowest BCUT2D eigenvalue weighted by Crippen LogP contribution is -2.36. The van der Waals surface area contributed by atoms with Gasteiger partial charge in [0.25, 0.3) is 0 Å². The summed E-state index contributed by atoms with van der Waals surface area (Å²) in [6, 6.07) is 0.142. The number of hydrogen-bond donors (Lipinski definition) is 1. The fourth-order valence-electron chi connectivity index (χ4n) is 1.93. The summed E-state index contributed by atoms with van der Waals surface area (Å²) in [7, 11) is 2.05. The first-order chi connectivity index (χ1) is 6.64. The highest BCUT2D eigenvalue weighted by Gasteiger charge is 2.46. The number of rotatable bonds is 3. The van der Waals surface area contributed by atoms with Gasteiger partial charge in [0.1, 0.15) is 7.85 Å². The Morgan fingerprint density at radius 3 is 2.33 bits per heavy atom. The Morgan fingerprint density at radius 2 is 2.00 bits per heavy atom. The lowest BCUT2D eigenvalue weighted by Gasteiger charge is -2.26. The standard InChI is InChI=1S/C11H24BO2P/c1-11(2)9(13)8(14-10(11)12)6-7-15(3,4)5/h8-10,13H,3,6-7,12H2,1-2,4-5H3/t8?,9-,10-/m1/s1. The molecular formula is C11H24BO2P. The third kappa shape index (κ3) is 3.12. The molecule has 88 valence electrons. The highest BCUT2D eigenvalue weighted by Crippen LogP contribution is 2.42. The van der Waals surface area contributed by atoms with Gasteiger partial charge < -0.3 is 9.84 Å². The van der Waals surface area contributed by atoms with Crippen molar-refractivity contribution in [3.05, 3.63) is 0 Å². The maximum Gasteiger partial charge on any atom is 0.140 e. The van der Waals surface area contributed by atoms with Gasteiger partial charge in [-0.2, -0.15) is 0 Å². The average molecular weight is 230 g/mol. The first-order valence-corrected chi connectivity index (χ1v) is 8.71. The van der Waals surface area contributed by atoms with Crippen molar-refractivity contribution in [3.8, 4) is 0 Å². The molecule has 0 aromatic heterocycles. The third-order valence-electron chi connectivity index (χ3n) is 3.56. The molecule has 1 saturated heterocycles. The fourth-order valence-corrected chi connectivity index (χ4v) is 2.89. The van der Waals surface area contributed by atoms with Gasteiger partial charge in [0, 0.05) is 11.4 Å². The summed E-state index contributed by atoms with van der Waals surface area (Å²) >= 11 is 0. The summed E-state index contributed by atoms with van der Waals surface area (Å²) in [5, 5.41) is 10.2. The van der Waals surface area contributed by atoms with Crippen molar-refractivity contribution in [1.82, 2.24) is 0 Å². The van der Waals surface area contributed by atoms with Crippen molar-refractivity contribution in [2.75, 3.05) is 19.5 Å². The largest absolute Gasteiger partial charge is 0.390 e. The van der Waals surface area contributed by atoms with Crippen LogP contribution in [-0.2, 0) is 4.74 Å². The van der Waals surface area contributed by atoms with Crippen molar-refractivity contribution in [3.63, 3.8) is 0 Å². The topological polar surface area (TPSA) is 29.5 Å². The molecule has 0 aliphatic carbocycles. The smallest absolute Gasteiger partial charge is 0.140 e. The molecule has 0 aromatic rings. The first-order valence-electron chi connectivity index (χ1n) is 5.65. The van der Waals surface area contributed by atoms with Gasteiger partial charge in [-0.05, 0) is 25.9 Å². The van der Waals surface area contributed by atoms with Crippen LogP contribution >= 0.6 is 6.89 Å². The summed E-state index contributed by atoms with van der Waals surface area (Å²) in [5.41, 5.74) is -0.117. The Bertz CT molecular complexity index is 272. The normalized spacial score (nSPS) is 35.7. The van der Waals surface area contributed by atoms with E-state index in [4.69, 9.17) is 4.74 Å². The summed E-state index contributed by atoms with van der Waals surface area (Å²) in [4.78, 5) is 0. The highest BCUT2D eigenvalue weighted by molar-refractivity contribution is 7.72. The Morgan fingerprint density at radius 1 is 1.47 bits per heavy atom. The Kier molecular flexibility index (Phi) is 3.80. The van der Waals surface area contributed by atoms with Crippen LogP contribution in [0.25, 0.3) is 0 Å². The zero-order chi connectivity index (χ0) is 11.9. The van der Waals surface area contributed by atoms with Gasteiger partial charge in [0.05, 0.1) is 12.2 Å². The van der Waals surface area contributed by atoms with Crippen molar-refractivity contribution in [1.29, 1.82) is 0 Å². The number of aliphatic hydroxyl groups excluding tert-OH is 1. The highest BCUT2D eigenvalue weighted by atomic mass is 31.2. The second-order valence-corrected chi connectivity index (χ2v) is 10.3. The van der Waals surface area contributed by atoms with Crippen molar-refractivity contribution < 1.29 is 9.84 Å². The van der Waals surface area contributed by atoms with E-state index in [1.807, 2.05) is 7.85 Å².